The van der Waals surface area contributed by atoms with E-state index in [1.807, 2.05) is 68.5 Å². The first kappa shape index (κ1) is 23.3. The molecule has 1 aliphatic carbocycles. The quantitative estimate of drug-likeness (QED) is 0.371. The van der Waals surface area contributed by atoms with Gasteiger partial charge in [0.25, 0.3) is 5.91 Å². The second-order valence-corrected chi connectivity index (χ2v) is 7.91. The molecule has 1 amide bonds. The summed E-state index contributed by atoms with van der Waals surface area (Å²) >= 11 is 0. The second kappa shape index (κ2) is 11.3. The molecule has 0 aliphatic heterocycles. The van der Waals surface area contributed by atoms with Gasteiger partial charge in [0.15, 0.2) is 0 Å². The molecular weight excluding hydrogens is 390 g/mol. The van der Waals surface area contributed by atoms with Crippen molar-refractivity contribution in [3.8, 4) is 0 Å². The van der Waals surface area contributed by atoms with Crippen molar-refractivity contribution in [2.75, 3.05) is 0 Å². The van der Waals surface area contributed by atoms with Crippen molar-refractivity contribution in [3.63, 3.8) is 0 Å². The predicted molar refractivity (Wildman–Crippen MR) is 137 cm³/mol. The molecule has 1 atom stereocenters. The number of nitrogens with zero attached hydrogens (tertiary/aromatic N) is 1. The molecule has 0 aromatic heterocycles. The number of carbonyl (C=O) groups excluding carboxylic acids is 1. The molecule has 0 radical (unpaired) electrons. The highest BCUT2D eigenvalue weighted by atomic mass is 16.2. The van der Waals surface area contributed by atoms with Gasteiger partial charge in [0.2, 0.25) is 0 Å². The molecule has 1 aliphatic rings. The molecule has 0 fully saturated rings. The molecule has 1 unspecified atom stereocenters. The zero-order valence-electron chi connectivity index (χ0n) is 19.4. The van der Waals surface area contributed by atoms with Crippen LogP contribution >= 0.6 is 0 Å². The van der Waals surface area contributed by atoms with Crippen LogP contribution in [-0.2, 0) is 6.54 Å². The lowest BCUT2D eigenvalue weighted by molar-refractivity contribution is 0.0670. The van der Waals surface area contributed by atoms with Gasteiger partial charge in [-0.1, -0.05) is 111 Å². The second-order valence-electron chi connectivity index (χ2n) is 7.91. The third-order valence-electron chi connectivity index (χ3n) is 5.90. The van der Waals surface area contributed by atoms with Crippen molar-refractivity contribution >= 4 is 16.7 Å². The lowest BCUT2D eigenvalue weighted by Gasteiger charge is -2.30. The first-order chi connectivity index (χ1) is 15.7. The lowest BCUT2D eigenvalue weighted by atomic mass is 10.0. The number of benzene rings is 3. The van der Waals surface area contributed by atoms with Crippen LogP contribution in [0.2, 0.25) is 0 Å². The molecule has 0 heterocycles. The smallest absolute Gasteiger partial charge is 0.255 e. The fraction of sp³-hybridized carbons (Fsp3) is 0.233. The van der Waals surface area contributed by atoms with Crippen LogP contribution in [0.1, 0.15) is 49.5 Å². The van der Waals surface area contributed by atoms with E-state index in [0.717, 1.165) is 34.7 Å². The van der Waals surface area contributed by atoms with Crippen LogP contribution in [0.15, 0.2) is 109 Å². The first-order valence-electron chi connectivity index (χ1n) is 11.5. The van der Waals surface area contributed by atoms with Crippen molar-refractivity contribution in [2.45, 2.75) is 46.2 Å². The van der Waals surface area contributed by atoms with Crippen molar-refractivity contribution in [1.29, 1.82) is 0 Å². The molecule has 32 heavy (non-hydrogen) atoms. The maximum atomic E-state index is 13.9. The molecule has 0 spiro atoms. The fourth-order valence-corrected chi connectivity index (χ4v) is 4.31. The molecule has 3 aromatic carbocycles. The van der Waals surface area contributed by atoms with Crippen LogP contribution in [0, 0.1) is 0 Å². The zero-order chi connectivity index (χ0) is 22.9. The number of carbonyl (C=O) groups is 1. The average molecular weight is 424 g/mol. The standard InChI is InChI=1S/C28H27NO.C2H6/c1-3-4-13-24-19-25(18-21(24)2)29(20-22-11-6-5-7-12-22)28(30)27-17-10-15-23-14-8-9-16-26(23)27;1-2/h3-17,25H,1,18-20H2,2H3;1-2H3/b13-4-;. The Morgan fingerprint density at radius 2 is 1.66 bits per heavy atom. The largest absolute Gasteiger partial charge is 0.331 e. The molecule has 3 aromatic rings. The maximum Gasteiger partial charge on any atom is 0.255 e. The van der Waals surface area contributed by atoms with E-state index in [-0.39, 0.29) is 11.9 Å². The number of fused-ring (bicyclic) bond motifs is 1. The first-order valence-corrected chi connectivity index (χ1v) is 11.5. The van der Waals surface area contributed by atoms with E-state index in [9.17, 15) is 4.79 Å². The van der Waals surface area contributed by atoms with Crippen LogP contribution in [0.5, 0.6) is 0 Å². The van der Waals surface area contributed by atoms with Crippen molar-refractivity contribution in [2.24, 2.45) is 0 Å². The van der Waals surface area contributed by atoms with Gasteiger partial charge in [-0.05, 0) is 47.7 Å². The van der Waals surface area contributed by atoms with Crippen molar-refractivity contribution in [1.82, 2.24) is 4.90 Å². The lowest BCUT2D eigenvalue weighted by Crippen LogP contribution is -2.39. The number of amides is 1. The van der Waals surface area contributed by atoms with Crippen molar-refractivity contribution in [3.05, 3.63) is 120 Å². The van der Waals surface area contributed by atoms with E-state index in [1.54, 1.807) is 6.08 Å². The SMILES string of the molecule is C=C/C=C\C1=C(C)CC(N(Cc2ccccc2)C(=O)c2cccc3ccccc23)C1.CC. The van der Waals surface area contributed by atoms with Crippen LogP contribution in [-0.4, -0.2) is 16.8 Å². The zero-order valence-corrected chi connectivity index (χ0v) is 19.4. The average Bonchev–Trinajstić information content (AvgIpc) is 3.22. The fourth-order valence-electron chi connectivity index (χ4n) is 4.31. The minimum Gasteiger partial charge on any atom is -0.331 e. The molecule has 2 nitrogen and oxygen atoms in total. The Balaban J connectivity index is 0.00000141. The maximum absolute atomic E-state index is 13.9. The minimum atomic E-state index is 0.0994. The molecule has 0 bridgehead atoms. The van der Waals surface area contributed by atoms with Gasteiger partial charge in [0, 0.05) is 18.2 Å². The summed E-state index contributed by atoms with van der Waals surface area (Å²) in [5.41, 5.74) is 4.58. The van der Waals surface area contributed by atoms with Gasteiger partial charge in [-0.25, -0.2) is 0 Å². The summed E-state index contributed by atoms with van der Waals surface area (Å²) in [7, 11) is 0. The molecule has 164 valence electrons. The highest BCUT2D eigenvalue weighted by Gasteiger charge is 2.30. The van der Waals surface area contributed by atoms with E-state index < -0.39 is 0 Å². The summed E-state index contributed by atoms with van der Waals surface area (Å²) in [5, 5.41) is 2.11. The van der Waals surface area contributed by atoms with Gasteiger partial charge in [-0.2, -0.15) is 0 Å². The molecular formula is C30H33NO. The van der Waals surface area contributed by atoms with Crippen LogP contribution in [0.25, 0.3) is 10.8 Å². The number of hydrogen-bond acceptors (Lipinski definition) is 1. The normalized spacial score (nSPS) is 15.5. The van der Waals surface area contributed by atoms with Gasteiger partial charge >= 0.3 is 0 Å². The summed E-state index contributed by atoms with van der Waals surface area (Å²) in [6.07, 6.45) is 7.69. The predicted octanol–water partition coefficient (Wildman–Crippen LogP) is 7.73. The third kappa shape index (κ3) is 5.26. The number of allylic oxidation sites excluding steroid dienone is 3. The Kier molecular flexibility index (Phi) is 8.21. The molecule has 0 saturated heterocycles. The van der Waals surface area contributed by atoms with E-state index >= 15 is 0 Å². The van der Waals surface area contributed by atoms with Gasteiger partial charge in [-0.15, -0.1) is 0 Å². The highest BCUT2D eigenvalue weighted by molar-refractivity contribution is 6.07. The molecule has 0 saturated carbocycles. The highest BCUT2D eigenvalue weighted by Crippen LogP contribution is 2.33. The van der Waals surface area contributed by atoms with Gasteiger partial charge in [0.1, 0.15) is 0 Å². The van der Waals surface area contributed by atoms with Gasteiger partial charge < -0.3 is 4.90 Å². The summed E-state index contributed by atoms with van der Waals surface area (Å²) in [6, 6.07) is 24.5. The summed E-state index contributed by atoms with van der Waals surface area (Å²) in [6.45, 7) is 10.6. The molecule has 2 heteroatoms. The molecule has 4 rings (SSSR count). The molecule has 0 N–H and O–H groups in total. The Hall–Kier alpha value is -3.39. The third-order valence-corrected chi connectivity index (χ3v) is 5.90. The van der Waals surface area contributed by atoms with E-state index in [2.05, 4.69) is 48.7 Å². The van der Waals surface area contributed by atoms with Crippen molar-refractivity contribution < 1.29 is 4.79 Å². The van der Waals surface area contributed by atoms with E-state index in [1.165, 1.54) is 11.1 Å². The van der Waals surface area contributed by atoms with Crippen LogP contribution < -0.4 is 0 Å². The Bertz CT molecular complexity index is 1120. The van der Waals surface area contributed by atoms with E-state index in [4.69, 9.17) is 0 Å². The topological polar surface area (TPSA) is 20.3 Å². The summed E-state index contributed by atoms with van der Waals surface area (Å²) < 4.78 is 0. The van der Waals surface area contributed by atoms with Gasteiger partial charge in [-0.3, -0.25) is 4.79 Å². The Morgan fingerprint density at radius 1 is 0.969 bits per heavy atom. The van der Waals surface area contributed by atoms with Crippen LogP contribution in [0.4, 0.5) is 0 Å². The Labute approximate surface area is 192 Å². The number of hydrogen-bond donors (Lipinski definition) is 0. The van der Waals surface area contributed by atoms with Crippen LogP contribution in [0.3, 0.4) is 0 Å². The minimum absolute atomic E-state index is 0.0994. The monoisotopic (exact) mass is 423 g/mol. The van der Waals surface area contributed by atoms with E-state index in [0.29, 0.717) is 6.54 Å². The summed E-state index contributed by atoms with van der Waals surface area (Å²) in [4.78, 5) is 15.9. The Morgan fingerprint density at radius 3 is 2.41 bits per heavy atom. The number of rotatable bonds is 6. The summed E-state index contributed by atoms with van der Waals surface area (Å²) in [5.74, 6) is 0.0994. The van der Waals surface area contributed by atoms with Gasteiger partial charge in [0.05, 0.1) is 0 Å².